The van der Waals surface area contributed by atoms with Crippen LogP contribution in [0.1, 0.15) is 27.7 Å². The SMILES string of the molecule is CCOc1cc(C=O)ccc1OCC(=O)Nc1ncc(Cc2ccc(F)cc2)s1. The molecule has 0 unspecified atom stereocenters. The van der Waals surface area contributed by atoms with Crippen molar-refractivity contribution in [3.05, 3.63) is 70.5 Å². The number of nitrogens with one attached hydrogen (secondary N) is 1. The summed E-state index contributed by atoms with van der Waals surface area (Å²) in [4.78, 5) is 28.2. The maximum absolute atomic E-state index is 13.0. The Morgan fingerprint density at radius 2 is 1.97 bits per heavy atom. The third-order valence-electron chi connectivity index (χ3n) is 3.85. The van der Waals surface area contributed by atoms with Crippen molar-refractivity contribution >= 4 is 28.7 Å². The lowest BCUT2D eigenvalue weighted by Gasteiger charge is -2.11. The van der Waals surface area contributed by atoms with Crippen LogP contribution in [0.5, 0.6) is 11.5 Å². The van der Waals surface area contributed by atoms with E-state index in [0.717, 1.165) is 10.4 Å². The number of ether oxygens (including phenoxy) is 2. The highest BCUT2D eigenvalue weighted by Gasteiger charge is 2.11. The fraction of sp³-hybridized carbons (Fsp3) is 0.190. The number of halogens is 1. The maximum atomic E-state index is 13.0. The van der Waals surface area contributed by atoms with Gasteiger partial charge in [-0.15, -0.1) is 11.3 Å². The zero-order chi connectivity index (χ0) is 20.6. The van der Waals surface area contributed by atoms with Crippen LogP contribution in [-0.2, 0) is 11.2 Å². The summed E-state index contributed by atoms with van der Waals surface area (Å²) in [6.45, 7) is 1.99. The third kappa shape index (κ3) is 5.86. The molecule has 1 N–H and O–H groups in total. The number of thiazole rings is 1. The Morgan fingerprint density at radius 3 is 2.69 bits per heavy atom. The van der Waals surface area contributed by atoms with Gasteiger partial charge in [0.1, 0.15) is 12.1 Å². The van der Waals surface area contributed by atoms with E-state index in [4.69, 9.17) is 9.47 Å². The highest BCUT2D eigenvalue weighted by atomic mass is 32.1. The summed E-state index contributed by atoms with van der Waals surface area (Å²) in [5, 5.41) is 3.14. The summed E-state index contributed by atoms with van der Waals surface area (Å²) in [6, 6.07) is 11.0. The van der Waals surface area contributed by atoms with E-state index >= 15 is 0 Å². The van der Waals surface area contributed by atoms with E-state index in [9.17, 15) is 14.0 Å². The van der Waals surface area contributed by atoms with E-state index in [0.29, 0.717) is 41.5 Å². The number of carbonyl (C=O) groups excluding carboxylic acids is 2. The zero-order valence-corrected chi connectivity index (χ0v) is 16.5. The smallest absolute Gasteiger partial charge is 0.264 e. The number of aromatic nitrogens is 1. The van der Waals surface area contributed by atoms with Gasteiger partial charge in [0, 0.05) is 23.1 Å². The average molecular weight is 414 g/mol. The lowest BCUT2D eigenvalue weighted by atomic mass is 10.1. The molecule has 150 valence electrons. The third-order valence-corrected chi connectivity index (χ3v) is 4.77. The van der Waals surface area contributed by atoms with Crippen LogP contribution in [0.2, 0.25) is 0 Å². The Hall–Kier alpha value is -3.26. The van der Waals surface area contributed by atoms with Gasteiger partial charge in [0.2, 0.25) is 0 Å². The first-order valence-electron chi connectivity index (χ1n) is 8.91. The van der Waals surface area contributed by atoms with E-state index in [1.54, 1.807) is 36.5 Å². The van der Waals surface area contributed by atoms with Crippen molar-refractivity contribution in [2.45, 2.75) is 13.3 Å². The minimum atomic E-state index is -0.366. The Labute approximate surface area is 171 Å². The quantitative estimate of drug-likeness (QED) is 0.534. The molecule has 6 nitrogen and oxygen atoms in total. The van der Waals surface area contributed by atoms with Gasteiger partial charge < -0.3 is 9.47 Å². The number of hydrogen-bond acceptors (Lipinski definition) is 6. The standard InChI is InChI=1S/C21H19FN2O4S/c1-2-27-19-10-15(12-25)5-8-18(19)28-13-20(26)24-21-23-11-17(29-21)9-14-3-6-16(22)7-4-14/h3-8,10-12H,2,9,13H2,1H3,(H,23,24,26). The highest BCUT2D eigenvalue weighted by molar-refractivity contribution is 7.15. The molecule has 1 amide bonds. The predicted molar refractivity (Wildman–Crippen MR) is 108 cm³/mol. The van der Waals surface area contributed by atoms with Crippen LogP contribution in [-0.4, -0.2) is 30.4 Å². The number of amides is 1. The fourth-order valence-electron chi connectivity index (χ4n) is 2.53. The van der Waals surface area contributed by atoms with Crippen LogP contribution in [0.15, 0.2) is 48.7 Å². The summed E-state index contributed by atoms with van der Waals surface area (Å²) < 4.78 is 24.0. The van der Waals surface area contributed by atoms with Crippen molar-refractivity contribution in [3.8, 4) is 11.5 Å². The number of carbonyl (C=O) groups is 2. The van der Waals surface area contributed by atoms with Gasteiger partial charge in [0.05, 0.1) is 6.61 Å². The van der Waals surface area contributed by atoms with E-state index in [2.05, 4.69) is 10.3 Å². The summed E-state index contributed by atoms with van der Waals surface area (Å²) in [7, 11) is 0. The second-order valence-electron chi connectivity index (χ2n) is 6.03. The molecule has 29 heavy (non-hydrogen) atoms. The van der Waals surface area contributed by atoms with E-state index < -0.39 is 0 Å². The van der Waals surface area contributed by atoms with Crippen molar-refractivity contribution in [2.75, 3.05) is 18.5 Å². The number of anilines is 1. The Balaban J connectivity index is 1.55. The van der Waals surface area contributed by atoms with Crippen molar-refractivity contribution in [1.82, 2.24) is 4.98 Å². The summed E-state index contributed by atoms with van der Waals surface area (Å²) in [6.07, 6.45) is 2.99. The molecule has 0 bridgehead atoms. The molecule has 0 saturated heterocycles. The number of hydrogen-bond donors (Lipinski definition) is 1. The number of nitrogens with zero attached hydrogens (tertiary/aromatic N) is 1. The molecule has 0 fully saturated rings. The van der Waals surface area contributed by atoms with E-state index in [-0.39, 0.29) is 18.3 Å². The van der Waals surface area contributed by atoms with Gasteiger partial charge in [-0.25, -0.2) is 9.37 Å². The van der Waals surface area contributed by atoms with Crippen LogP contribution in [0, 0.1) is 5.82 Å². The molecular weight excluding hydrogens is 395 g/mol. The lowest BCUT2D eigenvalue weighted by Crippen LogP contribution is -2.20. The van der Waals surface area contributed by atoms with Crippen LogP contribution in [0.3, 0.4) is 0 Å². The first kappa shape index (κ1) is 20.5. The number of rotatable bonds is 9. The van der Waals surface area contributed by atoms with Crippen LogP contribution in [0.25, 0.3) is 0 Å². The molecule has 0 aliphatic rings. The van der Waals surface area contributed by atoms with Crippen LogP contribution in [0.4, 0.5) is 9.52 Å². The molecule has 0 aliphatic carbocycles. The summed E-state index contributed by atoms with van der Waals surface area (Å²) >= 11 is 1.34. The minimum absolute atomic E-state index is 0.229. The molecule has 0 atom stereocenters. The molecule has 0 radical (unpaired) electrons. The topological polar surface area (TPSA) is 77.5 Å². The molecule has 3 rings (SSSR count). The van der Waals surface area contributed by atoms with Gasteiger partial charge >= 0.3 is 0 Å². The molecule has 2 aromatic carbocycles. The molecule has 0 spiro atoms. The van der Waals surface area contributed by atoms with Gasteiger partial charge in [-0.1, -0.05) is 12.1 Å². The maximum Gasteiger partial charge on any atom is 0.264 e. The van der Waals surface area contributed by atoms with Crippen LogP contribution >= 0.6 is 11.3 Å². The highest BCUT2D eigenvalue weighted by Crippen LogP contribution is 2.28. The Bertz CT molecular complexity index is 989. The summed E-state index contributed by atoms with van der Waals surface area (Å²) in [5.74, 6) is 0.137. The van der Waals surface area contributed by atoms with Gasteiger partial charge in [-0.2, -0.15) is 0 Å². The van der Waals surface area contributed by atoms with Crippen LogP contribution < -0.4 is 14.8 Å². The van der Waals surface area contributed by atoms with Gasteiger partial charge in [-0.3, -0.25) is 14.9 Å². The molecule has 0 saturated carbocycles. The number of benzene rings is 2. The average Bonchev–Trinajstić information content (AvgIpc) is 3.15. The molecule has 3 aromatic rings. The predicted octanol–water partition coefficient (Wildman–Crippen LogP) is 4.10. The van der Waals surface area contributed by atoms with Crippen molar-refractivity contribution in [1.29, 1.82) is 0 Å². The molecular formula is C21H19FN2O4S. The molecule has 1 heterocycles. The summed E-state index contributed by atoms with van der Waals surface area (Å²) in [5.41, 5.74) is 1.42. The first-order valence-corrected chi connectivity index (χ1v) is 9.73. The normalized spacial score (nSPS) is 10.4. The van der Waals surface area contributed by atoms with E-state index in [1.165, 1.54) is 23.5 Å². The largest absolute Gasteiger partial charge is 0.490 e. The van der Waals surface area contributed by atoms with Crippen molar-refractivity contribution in [2.24, 2.45) is 0 Å². The lowest BCUT2D eigenvalue weighted by molar-refractivity contribution is -0.118. The second-order valence-corrected chi connectivity index (χ2v) is 7.14. The van der Waals surface area contributed by atoms with Crippen molar-refractivity contribution < 1.29 is 23.5 Å². The zero-order valence-electron chi connectivity index (χ0n) is 15.7. The minimum Gasteiger partial charge on any atom is -0.490 e. The number of aldehydes is 1. The van der Waals surface area contributed by atoms with Gasteiger partial charge in [0.25, 0.3) is 5.91 Å². The monoisotopic (exact) mass is 414 g/mol. The molecule has 0 aliphatic heterocycles. The van der Waals surface area contributed by atoms with Gasteiger partial charge in [-0.05, 0) is 42.8 Å². The fourth-order valence-corrected chi connectivity index (χ4v) is 3.40. The Morgan fingerprint density at radius 1 is 1.17 bits per heavy atom. The van der Waals surface area contributed by atoms with Gasteiger partial charge in [0.15, 0.2) is 23.2 Å². The molecule has 1 aromatic heterocycles. The molecule has 8 heteroatoms. The second kappa shape index (κ2) is 9.79. The first-order chi connectivity index (χ1) is 14.1. The Kier molecular flexibility index (Phi) is 6.91. The van der Waals surface area contributed by atoms with E-state index in [1.807, 2.05) is 6.92 Å². The van der Waals surface area contributed by atoms with Crippen molar-refractivity contribution in [3.63, 3.8) is 0 Å².